The molecule has 0 spiro atoms. The van der Waals surface area contributed by atoms with Crippen molar-refractivity contribution in [2.75, 3.05) is 7.11 Å². The highest BCUT2D eigenvalue weighted by molar-refractivity contribution is 6.32. The van der Waals surface area contributed by atoms with Gasteiger partial charge in [0.1, 0.15) is 5.60 Å². The average Bonchev–Trinajstić information content (AvgIpc) is 2.81. The van der Waals surface area contributed by atoms with E-state index in [4.69, 9.17) is 16.3 Å². The van der Waals surface area contributed by atoms with Crippen LogP contribution in [0.3, 0.4) is 0 Å². The summed E-state index contributed by atoms with van der Waals surface area (Å²) < 4.78 is 7.52. The second-order valence-electron chi connectivity index (χ2n) is 4.54. The molecule has 0 N–H and O–H groups in total. The average molecular weight is 269 g/mol. The summed E-state index contributed by atoms with van der Waals surface area (Å²) in [7, 11) is 1.68. The van der Waals surface area contributed by atoms with Crippen molar-refractivity contribution in [3.63, 3.8) is 0 Å². The molecule has 0 radical (unpaired) electrons. The number of halogens is 1. The molecule has 0 bridgehead atoms. The molecule has 2 aromatic heterocycles. The van der Waals surface area contributed by atoms with E-state index in [0.717, 1.165) is 23.6 Å². The lowest BCUT2D eigenvalue weighted by molar-refractivity contribution is -0.00991. The Morgan fingerprint density at radius 1 is 1.33 bits per heavy atom. The Labute approximate surface area is 111 Å². The third-order valence-corrected chi connectivity index (χ3v) is 3.82. The van der Waals surface area contributed by atoms with Gasteiger partial charge >= 0.3 is 0 Å². The molecule has 0 aromatic carbocycles. The van der Waals surface area contributed by atoms with Crippen molar-refractivity contribution in [3.8, 4) is 0 Å². The number of hydrogen-bond acceptors (Lipinski definition) is 4. The standard InChI is InChI=1S/C12H17ClN4O/c1-6-12(4,18-5)11-16-15-10-9(13)14-7(2)8(3)17(10)11/h6H2,1-5H3. The molecule has 98 valence electrons. The zero-order valence-corrected chi connectivity index (χ0v) is 12.0. The smallest absolute Gasteiger partial charge is 0.198 e. The van der Waals surface area contributed by atoms with Gasteiger partial charge in [-0.25, -0.2) is 4.98 Å². The molecule has 2 aromatic rings. The van der Waals surface area contributed by atoms with E-state index in [-0.39, 0.29) is 0 Å². The molecule has 0 aliphatic carbocycles. The van der Waals surface area contributed by atoms with Crippen molar-refractivity contribution in [2.45, 2.75) is 39.7 Å². The monoisotopic (exact) mass is 268 g/mol. The summed E-state index contributed by atoms with van der Waals surface area (Å²) in [6, 6.07) is 0. The molecule has 0 saturated heterocycles. The summed E-state index contributed by atoms with van der Waals surface area (Å²) >= 11 is 6.11. The first-order valence-corrected chi connectivity index (χ1v) is 6.26. The zero-order chi connectivity index (χ0) is 13.5. The Bertz CT molecular complexity index is 589. The number of methoxy groups -OCH3 is 1. The Balaban J connectivity index is 2.82. The lowest BCUT2D eigenvalue weighted by atomic mass is 10.0. The van der Waals surface area contributed by atoms with Crippen molar-refractivity contribution in [1.29, 1.82) is 0 Å². The van der Waals surface area contributed by atoms with Crippen LogP contribution in [-0.2, 0) is 10.3 Å². The molecule has 1 atom stereocenters. The number of aryl methyl sites for hydroxylation is 2. The molecule has 5 nitrogen and oxygen atoms in total. The number of ether oxygens (including phenoxy) is 1. The van der Waals surface area contributed by atoms with Crippen LogP contribution in [0.4, 0.5) is 0 Å². The van der Waals surface area contributed by atoms with Crippen molar-refractivity contribution >= 4 is 17.2 Å². The van der Waals surface area contributed by atoms with Crippen LogP contribution in [0.2, 0.25) is 5.15 Å². The molecule has 0 fully saturated rings. The molecule has 1 unspecified atom stereocenters. The summed E-state index contributed by atoms with van der Waals surface area (Å²) in [4.78, 5) is 4.25. The predicted octanol–water partition coefficient (Wildman–Crippen LogP) is 2.67. The number of aromatic nitrogens is 4. The molecule has 0 saturated carbocycles. The predicted molar refractivity (Wildman–Crippen MR) is 69.9 cm³/mol. The van der Waals surface area contributed by atoms with Gasteiger partial charge in [-0.1, -0.05) is 18.5 Å². The number of fused-ring (bicyclic) bond motifs is 1. The van der Waals surface area contributed by atoms with Gasteiger partial charge in [-0.05, 0) is 27.2 Å². The lowest BCUT2D eigenvalue weighted by Crippen LogP contribution is -2.27. The summed E-state index contributed by atoms with van der Waals surface area (Å²) in [5.41, 5.74) is 1.93. The van der Waals surface area contributed by atoms with Crippen LogP contribution < -0.4 is 0 Å². The molecule has 0 aliphatic heterocycles. The highest BCUT2D eigenvalue weighted by Gasteiger charge is 2.31. The Hall–Kier alpha value is -1.20. The third kappa shape index (κ3) is 1.78. The Morgan fingerprint density at radius 3 is 2.56 bits per heavy atom. The topological polar surface area (TPSA) is 52.3 Å². The minimum atomic E-state index is -0.485. The molecular formula is C12H17ClN4O. The van der Waals surface area contributed by atoms with Gasteiger partial charge in [0.05, 0.1) is 5.69 Å². The van der Waals surface area contributed by atoms with Crippen LogP contribution in [0.5, 0.6) is 0 Å². The number of nitrogens with zero attached hydrogens (tertiary/aromatic N) is 4. The summed E-state index contributed by atoms with van der Waals surface area (Å²) in [5, 5.41) is 8.72. The Kier molecular flexibility index (Phi) is 3.29. The molecule has 2 heterocycles. The van der Waals surface area contributed by atoms with Crippen LogP contribution in [-0.4, -0.2) is 26.7 Å². The SMILES string of the molecule is CCC(C)(OC)c1nnc2c(Cl)nc(C)c(C)n12. The van der Waals surface area contributed by atoms with E-state index < -0.39 is 5.60 Å². The van der Waals surface area contributed by atoms with E-state index in [1.807, 2.05) is 25.2 Å². The van der Waals surface area contributed by atoms with Crippen molar-refractivity contribution < 1.29 is 4.74 Å². The van der Waals surface area contributed by atoms with Gasteiger partial charge in [0.2, 0.25) is 0 Å². The van der Waals surface area contributed by atoms with Gasteiger partial charge in [-0.15, -0.1) is 10.2 Å². The van der Waals surface area contributed by atoms with Crippen LogP contribution >= 0.6 is 11.6 Å². The number of rotatable bonds is 3. The van der Waals surface area contributed by atoms with Gasteiger partial charge in [0.25, 0.3) is 0 Å². The minimum Gasteiger partial charge on any atom is -0.371 e. The first kappa shape index (κ1) is 13.2. The van der Waals surface area contributed by atoms with E-state index in [1.165, 1.54) is 0 Å². The van der Waals surface area contributed by atoms with E-state index in [9.17, 15) is 0 Å². The van der Waals surface area contributed by atoms with E-state index in [0.29, 0.717) is 10.8 Å². The normalized spacial score (nSPS) is 15.0. The Morgan fingerprint density at radius 2 is 2.00 bits per heavy atom. The maximum Gasteiger partial charge on any atom is 0.198 e. The van der Waals surface area contributed by atoms with Crippen molar-refractivity contribution in [2.24, 2.45) is 0 Å². The van der Waals surface area contributed by atoms with Gasteiger partial charge in [-0.2, -0.15) is 0 Å². The van der Waals surface area contributed by atoms with Crippen molar-refractivity contribution in [3.05, 3.63) is 22.4 Å². The van der Waals surface area contributed by atoms with Crippen LogP contribution in [0.1, 0.15) is 37.5 Å². The highest BCUT2D eigenvalue weighted by atomic mass is 35.5. The van der Waals surface area contributed by atoms with Gasteiger partial charge in [-0.3, -0.25) is 4.40 Å². The van der Waals surface area contributed by atoms with Gasteiger partial charge in [0.15, 0.2) is 16.6 Å². The molecular weight excluding hydrogens is 252 g/mol. The summed E-state index contributed by atoms with van der Waals surface area (Å²) in [5.74, 6) is 0.757. The van der Waals surface area contributed by atoms with Crippen molar-refractivity contribution in [1.82, 2.24) is 19.6 Å². The molecule has 0 aliphatic rings. The minimum absolute atomic E-state index is 0.367. The maximum atomic E-state index is 6.11. The largest absolute Gasteiger partial charge is 0.371 e. The van der Waals surface area contributed by atoms with Crippen LogP contribution in [0.15, 0.2) is 0 Å². The van der Waals surface area contributed by atoms with Gasteiger partial charge in [0, 0.05) is 12.8 Å². The molecule has 2 rings (SSSR count). The molecule has 6 heteroatoms. The summed E-state index contributed by atoms with van der Waals surface area (Å²) in [6.07, 6.45) is 0.794. The number of hydrogen-bond donors (Lipinski definition) is 0. The molecule has 0 amide bonds. The molecule has 18 heavy (non-hydrogen) atoms. The summed E-state index contributed by atoms with van der Waals surface area (Å²) in [6.45, 7) is 7.94. The first-order chi connectivity index (χ1) is 8.44. The van der Waals surface area contributed by atoms with E-state index in [2.05, 4.69) is 22.1 Å². The fourth-order valence-corrected chi connectivity index (χ4v) is 2.16. The quantitative estimate of drug-likeness (QED) is 0.859. The second kappa shape index (κ2) is 4.48. The second-order valence-corrected chi connectivity index (χ2v) is 4.90. The van der Waals surface area contributed by atoms with E-state index in [1.54, 1.807) is 7.11 Å². The van der Waals surface area contributed by atoms with Gasteiger partial charge < -0.3 is 4.74 Å². The fraction of sp³-hybridized carbons (Fsp3) is 0.583. The zero-order valence-electron chi connectivity index (χ0n) is 11.3. The van der Waals surface area contributed by atoms with Crippen LogP contribution in [0.25, 0.3) is 5.65 Å². The third-order valence-electron chi connectivity index (χ3n) is 3.57. The lowest BCUT2D eigenvalue weighted by Gasteiger charge is -2.25. The van der Waals surface area contributed by atoms with E-state index >= 15 is 0 Å². The fourth-order valence-electron chi connectivity index (χ4n) is 1.91. The first-order valence-electron chi connectivity index (χ1n) is 5.88. The maximum absolute atomic E-state index is 6.11. The van der Waals surface area contributed by atoms with Crippen LogP contribution in [0, 0.1) is 13.8 Å². The highest BCUT2D eigenvalue weighted by Crippen LogP contribution is 2.29.